The van der Waals surface area contributed by atoms with Gasteiger partial charge in [0.25, 0.3) is 5.91 Å². The summed E-state index contributed by atoms with van der Waals surface area (Å²) in [6.07, 6.45) is 5.35. The van der Waals surface area contributed by atoms with Gasteiger partial charge in [0.05, 0.1) is 17.5 Å². The summed E-state index contributed by atoms with van der Waals surface area (Å²) in [5, 5.41) is 4.04. The lowest BCUT2D eigenvalue weighted by molar-refractivity contribution is 0.0955. The molecule has 0 saturated heterocycles. The lowest BCUT2D eigenvalue weighted by atomic mass is 10.1. The fourth-order valence-electron chi connectivity index (χ4n) is 2.61. The molecule has 1 aromatic heterocycles. The zero-order valence-corrected chi connectivity index (χ0v) is 13.3. The maximum absolute atomic E-state index is 12.5. The average molecular weight is 333 g/mol. The van der Waals surface area contributed by atoms with Crippen LogP contribution in [-0.2, 0) is 0 Å². The van der Waals surface area contributed by atoms with E-state index in [2.05, 4.69) is 10.5 Å². The van der Waals surface area contributed by atoms with Gasteiger partial charge in [0.15, 0.2) is 11.5 Å². The Morgan fingerprint density at radius 2 is 1.84 bits per heavy atom. The van der Waals surface area contributed by atoms with Crippen molar-refractivity contribution in [3.05, 3.63) is 78.1 Å². The summed E-state index contributed by atoms with van der Waals surface area (Å²) in [6, 6.07) is 16.6. The molecule has 1 amide bonds. The zero-order chi connectivity index (χ0) is 17.1. The molecule has 1 aliphatic heterocycles. The molecule has 0 fully saturated rings. The van der Waals surface area contributed by atoms with Crippen molar-refractivity contribution in [3.8, 4) is 17.2 Å². The van der Waals surface area contributed by atoms with Crippen molar-refractivity contribution in [2.24, 2.45) is 5.10 Å². The predicted octanol–water partition coefficient (Wildman–Crippen LogP) is 2.97. The third-order valence-electron chi connectivity index (χ3n) is 3.81. The van der Waals surface area contributed by atoms with E-state index in [9.17, 15) is 4.79 Å². The molecule has 0 unspecified atom stereocenters. The molecule has 0 radical (unpaired) electrons. The number of hydrogen-bond donors (Lipinski definition) is 1. The fraction of sp³-hybridized carbons (Fsp3) is 0.0526. The fourth-order valence-corrected chi connectivity index (χ4v) is 2.61. The second-order valence-electron chi connectivity index (χ2n) is 5.42. The second kappa shape index (κ2) is 6.52. The number of nitrogens with zero attached hydrogens (tertiary/aromatic N) is 2. The van der Waals surface area contributed by atoms with E-state index >= 15 is 0 Å². The van der Waals surface area contributed by atoms with Gasteiger partial charge in [-0.1, -0.05) is 12.1 Å². The van der Waals surface area contributed by atoms with Crippen LogP contribution in [0.2, 0.25) is 0 Å². The van der Waals surface area contributed by atoms with Crippen LogP contribution < -0.4 is 14.9 Å². The van der Waals surface area contributed by atoms with Crippen LogP contribution in [0.5, 0.6) is 11.5 Å². The minimum atomic E-state index is -0.277. The smallest absolute Gasteiger partial charge is 0.273 e. The van der Waals surface area contributed by atoms with Crippen molar-refractivity contribution in [3.63, 3.8) is 0 Å². The van der Waals surface area contributed by atoms with Crippen LogP contribution in [0.25, 0.3) is 5.69 Å². The summed E-state index contributed by atoms with van der Waals surface area (Å²) in [5.74, 6) is 1.11. The van der Waals surface area contributed by atoms with E-state index in [0.29, 0.717) is 17.1 Å². The second-order valence-corrected chi connectivity index (χ2v) is 5.42. The van der Waals surface area contributed by atoms with Gasteiger partial charge in [-0.05, 0) is 48.0 Å². The number of carbonyl (C=O) groups is 1. The molecular formula is C19H15N3O3. The summed E-state index contributed by atoms with van der Waals surface area (Å²) < 4.78 is 12.5. The standard InChI is InChI=1S/C19H15N3O3/c23-19(15-5-1-2-6-16(15)22-9-3-4-10-22)21-20-12-14-7-8-17-18(11-14)25-13-24-17/h1-12H,13H2,(H,21,23). The van der Waals surface area contributed by atoms with Crippen molar-refractivity contribution in [2.75, 3.05) is 6.79 Å². The Kier molecular flexibility index (Phi) is 3.92. The summed E-state index contributed by atoms with van der Waals surface area (Å²) in [7, 11) is 0. The molecule has 1 aliphatic rings. The maximum atomic E-state index is 12.5. The van der Waals surface area contributed by atoms with E-state index in [4.69, 9.17) is 9.47 Å². The molecule has 6 nitrogen and oxygen atoms in total. The largest absolute Gasteiger partial charge is 0.454 e. The third-order valence-corrected chi connectivity index (χ3v) is 3.81. The van der Waals surface area contributed by atoms with Crippen molar-refractivity contribution >= 4 is 12.1 Å². The lowest BCUT2D eigenvalue weighted by Crippen LogP contribution is -2.19. The highest BCUT2D eigenvalue weighted by Crippen LogP contribution is 2.31. The first-order valence-corrected chi connectivity index (χ1v) is 7.77. The van der Waals surface area contributed by atoms with Gasteiger partial charge in [-0.25, -0.2) is 5.43 Å². The average Bonchev–Trinajstić information content (AvgIpc) is 3.33. The van der Waals surface area contributed by atoms with Crippen LogP contribution in [0, 0.1) is 0 Å². The summed E-state index contributed by atoms with van der Waals surface area (Å²) in [5.41, 5.74) is 4.71. The number of nitrogens with one attached hydrogen (secondary N) is 1. The SMILES string of the molecule is O=C(NN=Cc1ccc2c(c1)OCO2)c1ccccc1-n1cccc1. The van der Waals surface area contributed by atoms with E-state index in [1.165, 1.54) is 0 Å². The van der Waals surface area contributed by atoms with E-state index in [-0.39, 0.29) is 12.7 Å². The van der Waals surface area contributed by atoms with E-state index in [1.807, 2.05) is 65.5 Å². The van der Waals surface area contributed by atoms with Gasteiger partial charge in [-0.2, -0.15) is 5.10 Å². The minimum absolute atomic E-state index is 0.225. The van der Waals surface area contributed by atoms with Gasteiger partial charge in [-0.3, -0.25) is 4.79 Å². The molecule has 25 heavy (non-hydrogen) atoms. The number of ether oxygens (including phenoxy) is 2. The van der Waals surface area contributed by atoms with Crippen LogP contribution >= 0.6 is 0 Å². The number of rotatable bonds is 4. The van der Waals surface area contributed by atoms with E-state index < -0.39 is 0 Å². The summed E-state index contributed by atoms with van der Waals surface area (Å²) >= 11 is 0. The molecule has 2 aromatic carbocycles. The molecule has 6 heteroatoms. The van der Waals surface area contributed by atoms with E-state index in [0.717, 1.165) is 11.3 Å². The van der Waals surface area contributed by atoms with Crippen molar-refractivity contribution in [2.45, 2.75) is 0 Å². The highest BCUT2D eigenvalue weighted by molar-refractivity contribution is 5.98. The van der Waals surface area contributed by atoms with E-state index in [1.54, 1.807) is 12.3 Å². The molecule has 0 atom stereocenters. The lowest BCUT2D eigenvalue weighted by Gasteiger charge is -2.09. The number of aromatic nitrogens is 1. The van der Waals surface area contributed by atoms with Crippen LogP contribution in [0.4, 0.5) is 0 Å². The Morgan fingerprint density at radius 3 is 2.72 bits per heavy atom. The normalized spacial score (nSPS) is 12.5. The first kappa shape index (κ1) is 15.0. The Labute approximate surface area is 144 Å². The molecule has 0 aliphatic carbocycles. The van der Waals surface area contributed by atoms with Gasteiger partial charge in [0.2, 0.25) is 6.79 Å². The number of benzene rings is 2. The summed E-state index contributed by atoms with van der Waals surface area (Å²) in [6.45, 7) is 0.225. The number of hydrazone groups is 1. The molecule has 1 N–H and O–H groups in total. The van der Waals surface area contributed by atoms with Crippen LogP contribution in [0.15, 0.2) is 72.1 Å². The van der Waals surface area contributed by atoms with Gasteiger partial charge >= 0.3 is 0 Å². The van der Waals surface area contributed by atoms with Gasteiger partial charge in [0, 0.05) is 12.4 Å². The Balaban J connectivity index is 1.50. The maximum Gasteiger partial charge on any atom is 0.273 e. The Bertz CT molecular complexity index is 933. The van der Waals surface area contributed by atoms with Crippen LogP contribution in [0.1, 0.15) is 15.9 Å². The molecule has 124 valence electrons. The summed E-state index contributed by atoms with van der Waals surface area (Å²) in [4.78, 5) is 12.5. The molecule has 3 aromatic rings. The highest BCUT2D eigenvalue weighted by atomic mass is 16.7. The molecular weight excluding hydrogens is 318 g/mol. The molecule has 0 saturated carbocycles. The van der Waals surface area contributed by atoms with Crippen molar-refractivity contribution in [1.82, 2.24) is 9.99 Å². The number of hydrogen-bond acceptors (Lipinski definition) is 4. The van der Waals surface area contributed by atoms with Crippen LogP contribution in [0.3, 0.4) is 0 Å². The Hall–Kier alpha value is -3.54. The van der Waals surface area contributed by atoms with Crippen molar-refractivity contribution < 1.29 is 14.3 Å². The van der Waals surface area contributed by atoms with Gasteiger partial charge < -0.3 is 14.0 Å². The molecule has 0 spiro atoms. The predicted molar refractivity (Wildman–Crippen MR) is 93.4 cm³/mol. The minimum Gasteiger partial charge on any atom is -0.454 e. The molecule has 2 heterocycles. The first-order chi connectivity index (χ1) is 12.3. The third kappa shape index (κ3) is 3.10. The number of amides is 1. The van der Waals surface area contributed by atoms with Gasteiger partial charge in [-0.15, -0.1) is 0 Å². The topological polar surface area (TPSA) is 64.8 Å². The number of para-hydroxylation sites is 1. The number of carbonyl (C=O) groups excluding carboxylic acids is 1. The monoisotopic (exact) mass is 333 g/mol. The first-order valence-electron chi connectivity index (χ1n) is 7.77. The van der Waals surface area contributed by atoms with Crippen LogP contribution in [-0.4, -0.2) is 23.5 Å². The van der Waals surface area contributed by atoms with Crippen molar-refractivity contribution in [1.29, 1.82) is 0 Å². The number of fused-ring (bicyclic) bond motifs is 1. The van der Waals surface area contributed by atoms with Gasteiger partial charge in [0.1, 0.15) is 0 Å². The Morgan fingerprint density at radius 1 is 1.04 bits per heavy atom. The molecule has 4 rings (SSSR count). The highest BCUT2D eigenvalue weighted by Gasteiger charge is 2.13. The zero-order valence-electron chi connectivity index (χ0n) is 13.3. The quantitative estimate of drug-likeness (QED) is 0.590. The molecule has 0 bridgehead atoms.